The maximum Gasteiger partial charge on any atom is 0.224 e. The van der Waals surface area contributed by atoms with Crippen molar-refractivity contribution in [2.24, 2.45) is 4.99 Å². The number of carbonyl (C=O) groups is 1. The summed E-state index contributed by atoms with van der Waals surface area (Å²) in [5.41, 5.74) is 1.05. The second-order valence-corrected chi connectivity index (χ2v) is 9.55. The molecule has 1 amide bonds. The molecular weight excluding hydrogens is 388 g/mol. The quantitative estimate of drug-likeness (QED) is 0.494. The Labute approximate surface area is 174 Å². The number of nitrogens with one attached hydrogen (secondary N) is 2. The number of guanidine groups is 1. The smallest absolute Gasteiger partial charge is 0.224 e. The number of benzene rings is 1. The number of nitrogens with zero attached hydrogens (tertiary/aromatic N) is 2. The van der Waals surface area contributed by atoms with E-state index in [0.717, 1.165) is 37.9 Å². The number of piperidine rings is 1. The van der Waals surface area contributed by atoms with E-state index in [4.69, 9.17) is 0 Å². The first-order chi connectivity index (χ1) is 13.8. The SMILES string of the molecule is CCNC(=NCCC(=O)N1CCCCC1C)NCCc1ccc(S(C)(=O)=O)cc1. The molecule has 0 radical (unpaired) electrons. The van der Waals surface area contributed by atoms with Gasteiger partial charge in [0.05, 0.1) is 11.4 Å². The lowest BCUT2D eigenvalue weighted by molar-refractivity contribution is -0.134. The standard InChI is InChI=1S/C21H34N4O3S/c1-4-22-21(24-15-13-20(26)25-16-6-5-7-17(25)2)23-14-12-18-8-10-19(11-9-18)29(3,27)28/h8-11,17H,4-7,12-16H2,1-3H3,(H2,22,23,24). The molecule has 1 fully saturated rings. The molecule has 1 aromatic rings. The van der Waals surface area contributed by atoms with E-state index in [0.29, 0.717) is 36.4 Å². The van der Waals surface area contributed by atoms with Crippen LogP contribution in [-0.4, -0.2) is 63.7 Å². The lowest BCUT2D eigenvalue weighted by Crippen LogP contribution is -2.42. The van der Waals surface area contributed by atoms with Crippen LogP contribution >= 0.6 is 0 Å². The molecule has 0 bridgehead atoms. The number of likely N-dealkylation sites (tertiary alicyclic amines) is 1. The van der Waals surface area contributed by atoms with Crippen LogP contribution in [0, 0.1) is 0 Å². The molecule has 1 heterocycles. The molecule has 0 spiro atoms. The molecule has 0 saturated carbocycles. The van der Waals surface area contributed by atoms with Crippen LogP contribution in [-0.2, 0) is 21.1 Å². The van der Waals surface area contributed by atoms with Crippen molar-refractivity contribution in [1.82, 2.24) is 15.5 Å². The predicted octanol–water partition coefficient (Wildman–Crippen LogP) is 1.98. The second kappa shape index (κ2) is 11.2. The molecule has 7 nitrogen and oxygen atoms in total. The summed E-state index contributed by atoms with van der Waals surface area (Å²) in [4.78, 5) is 19.3. The van der Waals surface area contributed by atoms with Crippen LogP contribution in [0.4, 0.5) is 0 Å². The largest absolute Gasteiger partial charge is 0.357 e. The number of amides is 1. The summed E-state index contributed by atoms with van der Waals surface area (Å²) in [5, 5.41) is 6.47. The first kappa shape index (κ1) is 23.2. The van der Waals surface area contributed by atoms with Gasteiger partial charge in [0.25, 0.3) is 0 Å². The van der Waals surface area contributed by atoms with Crippen molar-refractivity contribution in [2.45, 2.75) is 56.9 Å². The van der Waals surface area contributed by atoms with Crippen molar-refractivity contribution in [2.75, 3.05) is 32.4 Å². The molecule has 1 unspecified atom stereocenters. The van der Waals surface area contributed by atoms with Gasteiger partial charge in [-0.25, -0.2) is 8.42 Å². The molecule has 1 aromatic carbocycles. The van der Waals surface area contributed by atoms with Crippen LogP contribution in [0.15, 0.2) is 34.2 Å². The fourth-order valence-electron chi connectivity index (χ4n) is 3.45. The van der Waals surface area contributed by atoms with E-state index in [1.54, 1.807) is 12.1 Å². The number of hydrogen-bond donors (Lipinski definition) is 2. The zero-order chi connectivity index (χ0) is 21.3. The molecule has 1 aliphatic heterocycles. The van der Waals surface area contributed by atoms with Gasteiger partial charge in [-0.1, -0.05) is 12.1 Å². The number of sulfone groups is 1. The van der Waals surface area contributed by atoms with Crippen LogP contribution < -0.4 is 10.6 Å². The predicted molar refractivity (Wildman–Crippen MR) is 117 cm³/mol. The third-order valence-corrected chi connectivity index (χ3v) is 6.25. The van der Waals surface area contributed by atoms with Crippen LogP contribution in [0.5, 0.6) is 0 Å². The molecule has 1 saturated heterocycles. The Kier molecular flexibility index (Phi) is 8.95. The highest BCUT2D eigenvalue weighted by atomic mass is 32.2. The number of aliphatic imine (C=N–C) groups is 1. The van der Waals surface area contributed by atoms with Gasteiger partial charge >= 0.3 is 0 Å². The van der Waals surface area contributed by atoms with Gasteiger partial charge in [-0.3, -0.25) is 9.79 Å². The zero-order valence-corrected chi connectivity index (χ0v) is 18.6. The van der Waals surface area contributed by atoms with E-state index in [-0.39, 0.29) is 5.91 Å². The van der Waals surface area contributed by atoms with Crippen molar-refractivity contribution >= 4 is 21.7 Å². The number of carbonyl (C=O) groups excluding carboxylic acids is 1. The van der Waals surface area contributed by atoms with E-state index in [1.807, 2.05) is 24.0 Å². The number of hydrogen-bond acceptors (Lipinski definition) is 4. The van der Waals surface area contributed by atoms with Gasteiger partial charge in [0.15, 0.2) is 15.8 Å². The van der Waals surface area contributed by atoms with Gasteiger partial charge < -0.3 is 15.5 Å². The lowest BCUT2D eigenvalue weighted by atomic mass is 10.0. The van der Waals surface area contributed by atoms with E-state index in [1.165, 1.54) is 12.7 Å². The van der Waals surface area contributed by atoms with E-state index < -0.39 is 9.84 Å². The molecule has 2 N–H and O–H groups in total. The van der Waals surface area contributed by atoms with E-state index >= 15 is 0 Å². The summed E-state index contributed by atoms with van der Waals surface area (Å²) in [7, 11) is -3.17. The Bertz CT molecular complexity index is 791. The van der Waals surface area contributed by atoms with Crippen molar-refractivity contribution < 1.29 is 13.2 Å². The normalized spacial score (nSPS) is 17.8. The Hall–Kier alpha value is -2.09. The third kappa shape index (κ3) is 7.68. The average Bonchev–Trinajstić information content (AvgIpc) is 2.68. The Morgan fingerprint density at radius 2 is 1.93 bits per heavy atom. The van der Waals surface area contributed by atoms with Gasteiger partial charge in [0, 0.05) is 38.4 Å². The van der Waals surface area contributed by atoms with Gasteiger partial charge in [0.2, 0.25) is 5.91 Å². The minimum atomic E-state index is -3.17. The summed E-state index contributed by atoms with van der Waals surface area (Å²) in [6.07, 6.45) is 5.76. The maximum absolute atomic E-state index is 12.4. The van der Waals surface area contributed by atoms with Crippen molar-refractivity contribution in [3.8, 4) is 0 Å². The Balaban J connectivity index is 1.80. The van der Waals surface area contributed by atoms with Gasteiger partial charge in [-0.15, -0.1) is 0 Å². The highest BCUT2D eigenvalue weighted by molar-refractivity contribution is 7.90. The third-order valence-electron chi connectivity index (χ3n) is 5.12. The highest BCUT2D eigenvalue weighted by Crippen LogP contribution is 2.17. The van der Waals surface area contributed by atoms with Crippen molar-refractivity contribution in [3.05, 3.63) is 29.8 Å². The fraction of sp³-hybridized carbons (Fsp3) is 0.619. The molecule has 1 atom stereocenters. The maximum atomic E-state index is 12.4. The topological polar surface area (TPSA) is 90.9 Å². The molecule has 2 rings (SSSR count). The zero-order valence-electron chi connectivity index (χ0n) is 17.8. The first-order valence-electron chi connectivity index (χ1n) is 10.4. The molecule has 29 heavy (non-hydrogen) atoms. The summed E-state index contributed by atoms with van der Waals surface area (Å²) < 4.78 is 23.0. The minimum absolute atomic E-state index is 0.183. The Morgan fingerprint density at radius 1 is 1.21 bits per heavy atom. The average molecular weight is 423 g/mol. The van der Waals surface area contributed by atoms with E-state index in [2.05, 4.69) is 22.5 Å². The van der Waals surface area contributed by atoms with E-state index in [9.17, 15) is 13.2 Å². The first-order valence-corrected chi connectivity index (χ1v) is 12.3. The minimum Gasteiger partial charge on any atom is -0.357 e. The highest BCUT2D eigenvalue weighted by Gasteiger charge is 2.22. The molecule has 0 aromatic heterocycles. The van der Waals surface area contributed by atoms with Crippen molar-refractivity contribution in [1.29, 1.82) is 0 Å². The van der Waals surface area contributed by atoms with Gasteiger partial charge in [0.1, 0.15) is 0 Å². The van der Waals surface area contributed by atoms with Crippen LogP contribution in [0.3, 0.4) is 0 Å². The molecule has 8 heteroatoms. The summed E-state index contributed by atoms with van der Waals surface area (Å²) in [5.74, 6) is 0.877. The Morgan fingerprint density at radius 3 is 2.55 bits per heavy atom. The van der Waals surface area contributed by atoms with Crippen LogP contribution in [0.25, 0.3) is 0 Å². The molecule has 1 aliphatic rings. The molecule has 162 valence electrons. The molecule has 0 aliphatic carbocycles. The summed E-state index contributed by atoms with van der Waals surface area (Å²) >= 11 is 0. The lowest BCUT2D eigenvalue weighted by Gasteiger charge is -2.33. The summed E-state index contributed by atoms with van der Waals surface area (Å²) in [6, 6.07) is 7.27. The number of rotatable bonds is 8. The summed E-state index contributed by atoms with van der Waals surface area (Å²) in [6.45, 7) is 6.85. The molecular formula is C21H34N4O3S. The second-order valence-electron chi connectivity index (χ2n) is 7.54. The van der Waals surface area contributed by atoms with Crippen LogP contribution in [0.1, 0.15) is 45.1 Å². The monoisotopic (exact) mass is 422 g/mol. The fourth-order valence-corrected chi connectivity index (χ4v) is 4.08. The van der Waals surface area contributed by atoms with Crippen molar-refractivity contribution in [3.63, 3.8) is 0 Å². The van der Waals surface area contributed by atoms with Gasteiger partial charge in [-0.05, 0) is 57.2 Å². The van der Waals surface area contributed by atoms with Gasteiger partial charge in [-0.2, -0.15) is 0 Å². The van der Waals surface area contributed by atoms with Crippen LogP contribution in [0.2, 0.25) is 0 Å².